The zero-order valence-electron chi connectivity index (χ0n) is 11.2. The normalized spacial score (nSPS) is 12.4. The van der Waals surface area contributed by atoms with Gasteiger partial charge in [0.05, 0.1) is 12.6 Å². The molecule has 0 saturated heterocycles. The lowest BCUT2D eigenvalue weighted by Gasteiger charge is -2.17. The predicted molar refractivity (Wildman–Crippen MR) is 86.1 cm³/mol. The molecule has 2 aromatic rings. The Morgan fingerprint density at radius 1 is 1.32 bits per heavy atom. The molecule has 0 aliphatic carbocycles. The summed E-state index contributed by atoms with van der Waals surface area (Å²) >= 11 is 5.36. The highest BCUT2D eigenvalue weighted by molar-refractivity contribution is 9.10. The summed E-state index contributed by atoms with van der Waals surface area (Å²) in [6, 6.07) is 10.8. The molecule has 102 valence electrons. The summed E-state index contributed by atoms with van der Waals surface area (Å²) in [4.78, 5) is 1.32. The third kappa shape index (κ3) is 3.81. The van der Waals surface area contributed by atoms with Crippen LogP contribution in [0.1, 0.15) is 23.4 Å². The molecule has 1 aromatic heterocycles. The Balaban J connectivity index is 2.12. The van der Waals surface area contributed by atoms with Crippen LogP contribution in [0.25, 0.3) is 0 Å². The first-order valence-corrected chi connectivity index (χ1v) is 7.96. The Bertz CT molecular complexity index is 526. The van der Waals surface area contributed by atoms with Crippen molar-refractivity contribution in [1.82, 2.24) is 0 Å². The first-order chi connectivity index (χ1) is 9.22. The number of hydrogen-bond donors (Lipinski definition) is 1. The van der Waals surface area contributed by atoms with E-state index in [4.69, 9.17) is 4.74 Å². The molecule has 1 atom stereocenters. The molecule has 4 heteroatoms. The number of hydrogen-bond acceptors (Lipinski definition) is 3. The molecule has 1 unspecified atom stereocenters. The van der Waals surface area contributed by atoms with E-state index in [0.29, 0.717) is 0 Å². The first kappa shape index (κ1) is 14.6. The van der Waals surface area contributed by atoms with Gasteiger partial charge in [-0.3, -0.25) is 0 Å². The molecular formula is C15H18BrNOS. The third-order valence-electron chi connectivity index (χ3n) is 3.00. The molecule has 0 saturated carbocycles. The van der Waals surface area contributed by atoms with Gasteiger partial charge >= 0.3 is 0 Å². The lowest BCUT2D eigenvalue weighted by molar-refractivity contribution is 0.202. The predicted octanol–water partition coefficient (Wildman–Crippen LogP) is 4.87. The monoisotopic (exact) mass is 339 g/mol. The van der Waals surface area contributed by atoms with Gasteiger partial charge in [-0.25, -0.2) is 0 Å². The maximum atomic E-state index is 5.16. The van der Waals surface area contributed by atoms with Crippen molar-refractivity contribution < 1.29 is 4.74 Å². The minimum Gasteiger partial charge on any atom is -0.384 e. The van der Waals surface area contributed by atoms with Crippen LogP contribution in [0.15, 0.2) is 40.2 Å². The maximum Gasteiger partial charge on any atom is 0.0589 e. The van der Waals surface area contributed by atoms with Crippen LogP contribution in [-0.2, 0) is 11.2 Å². The third-order valence-corrected chi connectivity index (χ3v) is 5.06. The molecular weight excluding hydrogens is 322 g/mol. The van der Waals surface area contributed by atoms with E-state index >= 15 is 0 Å². The SMILES string of the molecule is COCCc1ccccc1NC(C)c1sccc1Br. The van der Waals surface area contributed by atoms with Crippen molar-refractivity contribution in [3.63, 3.8) is 0 Å². The standard InChI is InChI=1S/C15H18BrNOS/c1-11(15-13(16)8-10-19-15)17-14-6-4-3-5-12(14)7-9-18-2/h3-6,8,10-11,17H,7,9H2,1-2H3. The number of thiophene rings is 1. The first-order valence-electron chi connectivity index (χ1n) is 6.28. The molecule has 1 aromatic carbocycles. The fourth-order valence-corrected chi connectivity index (χ4v) is 3.73. The van der Waals surface area contributed by atoms with E-state index in [-0.39, 0.29) is 6.04 Å². The van der Waals surface area contributed by atoms with Gasteiger partial charge < -0.3 is 10.1 Å². The summed E-state index contributed by atoms with van der Waals surface area (Å²) in [5.74, 6) is 0. The van der Waals surface area contributed by atoms with Gasteiger partial charge in [-0.15, -0.1) is 11.3 Å². The summed E-state index contributed by atoms with van der Waals surface area (Å²) < 4.78 is 6.34. The Labute approximate surface area is 126 Å². The molecule has 19 heavy (non-hydrogen) atoms. The van der Waals surface area contributed by atoms with Gasteiger partial charge in [0.1, 0.15) is 0 Å². The topological polar surface area (TPSA) is 21.3 Å². The molecule has 2 nitrogen and oxygen atoms in total. The fourth-order valence-electron chi connectivity index (χ4n) is 2.00. The Hall–Kier alpha value is -0.840. The van der Waals surface area contributed by atoms with E-state index in [1.54, 1.807) is 18.4 Å². The van der Waals surface area contributed by atoms with E-state index in [9.17, 15) is 0 Å². The van der Waals surface area contributed by atoms with Gasteiger partial charge in [0.15, 0.2) is 0 Å². The number of methoxy groups -OCH3 is 1. The molecule has 0 amide bonds. The van der Waals surface area contributed by atoms with Gasteiger partial charge in [-0.05, 0) is 52.4 Å². The van der Waals surface area contributed by atoms with Crippen molar-refractivity contribution >= 4 is 33.0 Å². The van der Waals surface area contributed by atoms with Gasteiger partial charge in [-0.2, -0.15) is 0 Å². The van der Waals surface area contributed by atoms with E-state index in [2.05, 4.69) is 63.9 Å². The largest absolute Gasteiger partial charge is 0.384 e. The molecule has 0 aliphatic heterocycles. The van der Waals surface area contributed by atoms with Crippen molar-refractivity contribution in [3.8, 4) is 0 Å². The Morgan fingerprint density at radius 2 is 2.11 bits per heavy atom. The summed E-state index contributed by atoms with van der Waals surface area (Å²) in [5.41, 5.74) is 2.48. The second-order valence-corrected chi connectivity index (χ2v) is 6.20. The fraction of sp³-hybridized carbons (Fsp3) is 0.333. The molecule has 0 aliphatic rings. The van der Waals surface area contributed by atoms with Crippen LogP contribution >= 0.6 is 27.3 Å². The van der Waals surface area contributed by atoms with E-state index in [1.807, 2.05) is 0 Å². The number of benzene rings is 1. The van der Waals surface area contributed by atoms with Crippen LogP contribution in [-0.4, -0.2) is 13.7 Å². The van der Waals surface area contributed by atoms with Crippen LogP contribution in [0.4, 0.5) is 5.69 Å². The van der Waals surface area contributed by atoms with Crippen molar-refractivity contribution in [1.29, 1.82) is 0 Å². The molecule has 1 N–H and O–H groups in total. The second kappa shape index (κ2) is 7.08. The van der Waals surface area contributed by atoms with Crippen molar-refractivity contribution in [2.24, 2.45) is 0 Å². The average Bonchev–Trinajstić information content (AvgIpc) is 2.84. The highest BCUT2D eigenvalue weighted by Crippen LogP contribution is 2.31. The minimum absolute atomic E-state index is 0.290. The number of rotatable bonds is 6. The average molecular weight is 340 g/mol. The molecule has 0 bridgehead atoms. The number of para-hydroxylation sites is 1. The van der Waals surface area contributed by atoms with E-state index < -0.39 is 0 Å². The second-order valence-electron chi connectivity index (χ2n) is 4.40. The van der Waals surface area contributed by atoms with Crippen LogP contribution < -0.4 is 5.32 Å². The number of halogens is 1. The summed E-state index contributed by atoms with van der Waals surface area (Å²) in [6.45, 7) is 2.93. The van der Waals surface area contributed by atoms with Crippen molar-refractivity contribution in [2.75, 3.05) is 19.0 Å². The summed E-state index contributed by atoms with van der Waals surface area (Å²) in [7, 11) is 1.74. The quantitative estimate of drug-likeness (QED) is 0.810. The van der Waals surface area contributed by atoms with E-state index in [1.165, 1.54) is 20.6 Å². The molecule has 2 rings (SSSR count). The van der Waals surface area contributed by atoms with Gasteiger partial charge in [0.25, 0.3) is 0 Å². The Morgan fingerprint density at radius 3 is 2.79 bits per heavy atom. The molecule has 0 fully saturated rings. The minimum atomic E-state index is 0.290. The number of nitrogens with one attached hydrogen (secondary N) is 1. The van der Waals surface area contributed by atoms with Gasteiger partial charge in [-0.1, -0.05) is 18.2 Å². The molecule has 0 radical (unpaired) electrons. The lowest BCUT2D eigenvalue weighted by Crippen LogP contribution is -2.08. The summed E-state index contributed by atoms with van der Waals surface area (Å²) in [5, 5.41) is 5.69. The molecule has 1 heterocycles. The van der Waals surface area contributed by atoms with Crippen LogP contribution in [0, 0.1) is 0 Å². The van der Waals surface area contributed by atoms with Gasteiger partial charge in [0.2, 0.25) is 0 Å². The van der Waals surface area contributed by atoms with Gasteiger partial charge in [0, 0.05) is 22.1 Å². The van der Waals surface area contributed by atoms with Crippen molar-refractivity contribution in [2.45, 2.75) is 19.4 Å². The van der Waals surface area contributed by atoms with Crippen LogP contribution in [0.5, 0.6) is 0 Å². The highest BCUT2D eigenvalue weighted by Gasteiger charge is 2.12. The van der Waals surface area contributed by atoms with Crippen LogP contribution in [0.2, 0.25) is 0 Å². The molecule has 0 spiro atoms. The zero-order chi connectivity index (χ0) is 13.7. The van der Waals surface area contributed by atoms with E-state index in [0.717, 1.165) is 13.0 Å². The smallest absolute Gasteiger partial charge is 0.0589 e. The summed E-state index contributed by atoms with van der Waals surface area (Å²) in [6.07, 6.45) is 0.929. The number of ether oxygens (including phenoxy) is 1. The highest BCUT2D eigenvalue weighted by atomic mass is 79.9. The maximum absolute atomic E-state index is 5.16. The zero-order valence-corrected chi connectivity index (χ0v) is 13.6. The Kier molecular flexibility index (Phi) is 5.43. The van der Waals surface area contributed by atoms with Crippen LogP contribution in [0.3, 0.4) is 0 Å². The lowest BCUT2D eigenvalue weighted by atomic mass is 10.1. The number of anilines is 1. The van der Waals surface area contributed by atoms with Crippen molar-refractivity contribution in [3.05, 3.63) is 50.6 Å².